The molecule has 0 saturated carbocycles. The standard InChI is InChI=1S/C11H17N3O2S/c12-7-9-5-6-14(8-9)10-3-1-2-4-11(10)17(13,15)16/h1-4,9H,5-8,12H2,(H2,13,15,16). The fraction of sp³-hybridized carbons (Fsp3) is 0.455. The van der Waals surface area contributed by atoms with E-state index in [1.54, 1.807) is 18.2 Å². The van der Waals surface area contributed by atoms with Crippen LogP contribution in [0.1, 0.15) is 6.42 Å². The normalized spacial score (nSPS) is 20.8. The Balaban J connectivity index is 2.34. The maximum Gasteiger partial charge on any atom is 0.240 e. The molecule has 0 bridgehead atoms. The average molecular weight is 255 g/mol. The van der Waals surface area contributed by atoms with Crippen molar-refractivity contribution in [3.63, 3.8) is 0 Å². The molecule has 0 aromatic heterocycles. The highest BCUT2D eigenvalue weighted by atomic mass is 32.2. The first kappa shape index (κ1) is 12.3. The van der Waals surface area contributed by atoms with E-state index in [1.807, 2.05) is 11.0 Å². The van der Waals surface area contributed by atoms with Crippen LogP contribution >= 0.6 is 0 Å². The zero-order valence-corrected chi connectivity index (χ0v) is 10.4. The number of anilines is 1. The van der Waals surface area contributed by atoms with Crippen LogP contribution < -0.4 is 15.8 Å². The van der Waals surface area contributed by atoms with E-state index >= 15 is 0 Å². The Morgan fingerprint density at radius 3 is 2.65 bits per heavy atom. The lowest BCUT2D eigenvalue weighted by atomic mass is 10.1. The zero-order valence-electron chi connectivity index (χ0n) is 9.54. The highest BCUT2D eigenvalue weighted by molar-refractivity contribution is 7.89. The molecule has 1 saturated heterocycles. The van der Waals surface area contributed by atoms with Gasteiger partial charge in [-0.25, -0.2) is 13.6 Å². The molecule has 1 aromatic rings. The molecule has 1 aliphatic rings. The van der Waals surface area contributed by atoms with E-state index in [0.29, 0.717) is 18.2 Å². The molecule has 1 unspecified atom stereocenters. The second kappa shape index (κ2) is 4.64. The number of primary sulfonamides is 1. The van der Waals surface area contributed by atoms with Crippen molar-refractivity contribution in [2.75, 3.05) is 24.5 Å². The summed E-state index contributed by atoms with van der Waals surface area (Å²) >= 11 is 0. The molecule has 0 aliphatic carbocycles. The fourth-order valence-corrected chi connectivity index (χ4v) is 2.96. The fourth-order valence-electron chi connectivity index (χ4n) is 2.20. The predicted molar refractivity (Wildman–Crippen MR) is 67.2 cm³/mol. The van der Waals surface area contributed by atoms with Crippen LogP contribution in [-0.4, -0.2) is 28.1 Å². The van der Waals surface area contributed by atoms with Crippen molar-refractivity contribution in [1.82, 2.24) is 0 Å². The maximum absolute atomic E-state index is 11.5. The third-order valence-electron chi connectivity index (χ3n) is 3.13. The van der Waals surface area contributed by atoms with Crippen LogP contribution in [0.25, 0.3) is 0 Å². The lowest BCUT2D eigenvalue weighted by molar-refractivity contribution is 0.596. The second-order valence-corrected chi connectivity index (χ2v) is 5.88. The zero-order chi connectivity index (χ0) is 12.5. The van der Waals surface area contributed by atoms with Crippen LogP contribution in [0, 0.1) is 5.92 Å². The van der Waals surface area contributed by atoms with Gasteiger partial charge in [0.1, 0.15) is 4.90 Å². The molecule has 0 spiro atoms. The second-order valence-electron chi connectivity index (χ2n) is 4.35. The number of benzene rings is 1. The Morgan fingerprint density at radius 2 is 2.06 bits per heavy atom. The quantitative estimate of drug-likeness (QED) is 0.802. The van der Waals surface area contributed by atoms with E-state index in [9.17, 15) is 8.42 Å². The van der Waals surface area contributed by atoms with Gasteiger partial charge >= 0.3 is 0 Å². The first-order valence-corrected chi connectivity index (χ1v) is 7.14. The third kappa shape index (κ3) is 2.59. The molecule has 1 atom stereocenters. The molecule has 4 N–H and O–H groups in total. The summed E-state index contributed by atoms with van der Waals surface area (Å²) in [6.45, 7) is 2.26. The van der Waals surface area contributed by atoms with E-state index in [4.69, 9.17) is 10.9 Å². The van der Waals surface area contributed by atoms with Gasteiger partial charge in [-0.15, -0.1) is 0 Å². The first-order valence-electron chi connectivity index (χ1n) is 5.59. The molecule has 0 radical (unpaired) electrons. The third-order valence-corrected chi connectivity index (χ3v) is 4.09. The van der Waals surface area contributed by atoms with E-state index < -0.39 is 10.0 Å². The van der Waals surface area contributed by atoms with Crippen LogP contribution in [-0.2, 0) is 10.0 Å². The van der Waals surface area contributed by atoms with Gasteiger partial charge < -0.3 is 10.6 Å². The van der Waals surface area contributed by atoms with E-state index in [1.165, 1.54) is 0 Å². The summed E-state index contributed by atoms with van der Waals surface area (Å²) < 4.78 is 23.0. The number of nitrogens with two attached hydrogens (primary N) is 2. The summed E-state index contributed by atoms with van der Waals surface area (Å²) in [6.07, 6.45) is 0.995. The van der Waals surface area contributed by atoms with Crippen LogP contribution in [0.2, 0.25) is 0 Å². The summed E-state index contributed by atoms with van der Waals surface area (Å²) in [5, 5.41) is 5.21. The minimum absolute atomic E-state index is 0.192. The molecule has 6 heteroatoms. The topological polar surface area (TPSA) is 89.4 Å². The molecule has 1 fully saturated rings. The van der Waals surface area contributed by atoms with Crippen LogP contribution in [0.3, 0.4) is 0 Å². The van der Waals surface area contributed by atoms with E-state index in [2.05, 4.69) is 0 Å². The summed E-state index contributed by atoms with van der Waals surface area (Å²) in [5.74, 6) is 0.434. The lowest BCUT2D eigenvalue weighted by Gasteiger charge is -2.21. The summed E-state index contributed by atoms with van der Waals surface area (Å²) in [5.41, 5.74) is 6.31. The monoisotopic (exact) mass is 255 g/mol. The summed E-state index contributed by atoms with van der Waals surface area (Å²) in [7, 11) is -3.67. The number of nitrogens with zero attached hydrogens (tertiary/aromatic N) is 1. The molecule has 1 aliphatic heterocycles. The number of sulfonamides is 1. The predicted octanol–water partition coefficient (Wildman–Crippen LogP) is 0.119. The minimum Gasteiger partial charge on any atom is -0.370 e. The molecule has 94 valence electrons. The summed E-state index contributed by atoms with van der Waals surface area (Å²) in [4.78, 5) is 2.23. The van der Waals surface area contributed by atoms with Gasteiger partial charge in [-0.3, -0.25) is 0 Å². The molecule has 5 nitrogen and oxygen atoms in total. The van der Waals surface area contributed by atoms with Crippen molar-refractivity contribution >= 4 is 15.7 Å². The Labute approximate surface area is 101 Å². The van der Waals surface area contributed by atoms with Gasteiger partial charge in [-0.2, -0.15) is 0 Å². The van der Waals surface area contributed by atoms with Gasteiger partial charge in [0.05, 0.1) is 5.69 Å². The van der Waals surface area contributed by atoms with Crippen molar-refractivity contribution in [3.05, 3.63) is 24.3 Å². The minimum atomic E-state index is -3.67. The Morgan fingerprint density at radius 1 is 1.35 bits per heavy atom. The van der Waals surface area contributed by atoms with E-state index in [-0.39, 0.29) is 4.90 Å². The molecule has 0 amide bonds. The molecule has 2 rings (SSSR count). The molecule has 17 heavy (non-hydrogen) atoms. The highest BCUT2D eigenvalue weighted by Crippen LogP contribution is 2.28. The maximum atomic E-state index is 11.5. The first-order chi connectivity index (χ1) is 8.02. The van der Waals surface area contributed by atoms with Gasteiger partial charge in [0.15, 0.2) is 0 Å². The van der Waals surface area contributed by atoms with Gasteiger partial charge in [0.25, 0.3) is 0 Å². The lowest BCUT2D eigenvalue weighted by Crippen LogP contribution is -2.25. The van der Waals surface area contributed by atoms with Crippen molar-refractivity contribution in [2.24, 2.45) is 16.8 Å². The van der Waals surface area contributed by atoms with Gasteiger partial charge in [0, 0.05) is 13.1 Å². The van der Waals surface area contributed by atoms with Crippen molar-refractivity contribution < 1.29 is 8.42 Å². The van der Waals surface area contributed by atoms with Crippen molar-refractivity contribution in [1.29, 1.82) is 0 Å². The van der Waals surface area contributed by atoms with Crippen LogP contribution in [0.4, 0.5) is 5.69 Å². The van der Waals surface area contributed by atoms with Gasteiger partial charge in [-0.1, -0.05) is 12.1 Å². The number of rotatable bonds is 3. The Hall–Kier alpha value is -1.11. The Kier molecular flexibility index (Phi) is 3.37. The SMILES string of the molecule is NCC1CCN(c2ccccc2S(N)(=O)=O)C1. The van der Waals surface area contributed by atoms with Gasteiger partial charge in [-0.05, 0) is 31.0 Å². The average Bonchev–Trinajstić information content (AvgIpc) is 2.76. The highest BCUT2D eigenvalue weighted by Gasteiger charge is 2.25. The van der Waals surface area contributed by atoms with Crippen molar-refractivity contribution in [2.45, 2.75) is 11.3 Å². The number of para-hydroxylation sites is 1. The Bertz CT molecular complexity index is 501. The molecule has 1 heterocycles. The smallest absolute Gasteiger partial charge is 0.240 e. The van der Waals surface area contributed by atoms with Crippen LogP contribution in [0.5, 0.6) is 0 Å². The van der Waals surface area contributed by atoms with E-state index in [0.717, 1.165) is 19.5 Å². The number of hydrogen-bond donors (Lipinski definition) is 2. The number of hydrogen-bond acceptors (Lipinski definition) is 4. The molecular formula is C11H17N3O2S. The largest absolute Gasteiger partial charge is 0.370 e. The summed E-state index contributed by atoms with van der Waals surface area (Å²) in [6, 6.07) is 6.83. The molecule has 1 aromatic carbocycles. The van der Waals surface area contributed by atoms with Crippen molar-refractivity contribution in [3.8, 4) is 0 Å². The van der Waals surface area contributed by atoms with Crippen LogP contribution in [0.15, 0.2) is 29.2 Å². The van der Waals surface area contributed by atoms with Gasteiger partial charge in [0.2, 0.25) is 10.0 Å². The molecular weight excluding hydrogens is 238 g/mol.